The molecule has 0 saturated carbocycles. The van der Waals surface area contributed by atoms with Crippen molar-refractivity contribution in [2.75, 3.05) is 23.4 Å². The third kappa shape index (κ3) is 4.27. The van der Waals surface area contributed by atoms with Gasteiger partial charge in [-0.15, -0.1) is 0 Å². The monoisotopic (exact) mass is 504 g/mol. The molecule has 2 aromatic rings. The lowest BCUT2D eigenvalue weighted by atomic mass is 9.85. The molecule has 4 amide bonds. The minimum absolute atomic E-state index is 0.00746. The first-order valence-corrected chi connectivity index (χ1v) is 11.7. The maximum Gasteiger partial charge on any atom is 0.319 e. The number of carbonyl (C=O) groups is 3. The van der Waals surface area contributed by atoms with E-state index in [1.54, 1.807) is 0 Å². The fourth-order valence-electron chi connectivity index (χ4n) is 4.92. The number of halogens is 3. The predicted molar refractivity (Wildman–Crippen MR) is 125 cm³/mol. The summed E-state index contributed by atoms with van der Waals surface area (Å²) in [7, 11) is 0. The van der Waals surface area contributed by atoms with E-state index in [-0.39, 0.29) is 41.5 Å². The molecule has 3 atom stereocenters. The fourth-order valence-corrected chi connectivity index (χ4v) is 5.08. The number of nitrogens with one attached hydrogen (secondary N) is 3. The van der Waals surface area contributed by atoms with E-state index in [0.29, 0.717) is 42.1 Å². The number of fused-ring (bicyclic) bond motifs is 1. The lowest BCUT2D eigenvalue weighted by Crippen LogP contribution is -2.66. The highest BCUT2D eigenvalue weighted by Gasteiger charge is 2.41. The number of carbonyl (C=O) groups excluding carboxylic acids is 3. The van der Waals surface area contributed by atoms with Gasteiger partial charge in [0.2, 0.25) is 11.8 Å². The van der Waals surface area contributed by atoms with Crippen LogP contribution in [0.2, 0.25) is 5.02 Å². The summed E-state index contributed by atoms with van der Waals surface area (Å²) in [5.41, 5.74) is 1.50. The minimum atomic E-state index is -0.739. The topological polar surface area (TPSA) is 99.8 Å². The van der Waals surface area contributed by atoms with Crippen LogP contribution < -0.4 is 25.6 Å². The molecular formula is C24H23ClF2N4O4. The second kappa shape index (κ2) is 8.99. The summed E-state index contributed by atoms with van der Waals surface area (Å²) in [6.07, 6.45) is 0.876. The van der Waals surface area contributed by atoms with Crippen LogP contribution in [0.4, 0.5) is 25.0 Å². The fraction of sp³-hybridized carbons (Fsp3) is 0.375. The van der Waals surface area contributed by atoms with Crippen molar-refractivity contribution < 1.29 is 27.9 Å². The van der Waals surface area contributed by atoms with Crippen molar-refractivity contribution in [1.82, 2.24) is 10.6 Å². The Kier molecular flexibility index (Phi) is 6.00. The highest BCUT2D eigenvalue weighted by atomic mass is 35.5. The molecule has 0 radical (unpaired) electrons. The summed E-state index contributed by atoms with van der Waals surface area (Å²) in [5.74, 6) is -2.21. The second-order valence-electron chi connectivity index (χ2n) is 8.92. The molecule has 3 aliphatic heterocycles. The zero-order valence-electron chi connectivity index (χ0n) is 18.8. The largest absolute Gasteiger partial charge is 0.491 e. The molecule has 3 N–H and O–H groups in total. The number of anilines is 2. The number of hydrogen-bond acceptors (Lipinski definition) is 5. The van der Waals surface area contributed by atoms with Crippen LogP contribution in [0.5, 0.6) is 5.75 Å². The number of piperidine rings is 1. The van der Waals surface area contributed by atoms with E-state index < -0.39 is 29.5 Å². The first kappa shape index (κ1) is 23.3. The van der Waals surface area contributed by atoms with Crippen molar-refractivity contribution >= 4 is 40.8 Å². The lowest BCUT2D eigenvalue weighted by molar-refractivity contribution is -0.134. The van der Waals surface area contributed by atoms with Crippen molar-refractivity contribution in [3.8, 4) is 5.75 Å². The van der Waals surface area contributed by atoms with Gasteiger partial charge in [0.1, 0.15) is 17.4 Å². The zero-order valence-corrected chi connectivity index (χ0v) is 19.5. The lowest BCUT2D eigenvalue weighted by Gasteiger charge is -2.48. The number of benzene rings is 2. The van der Waals surface area contributed by atoms with Gasteiger partial charge in [-0.05, 0) is 31.5 Å². The number of urea groups is 1. The molecule has 2 aromatic carbocycles. The molecule has 2 fully saturated rings. The summed E-state index contributed by atoms with van der Waals surface area (Å²) in [5, 5.41) is 7.78. The standard InChI is InChI=1S/C24H23ClF2N4O4/c1-11-18(29-24(34)28-17-4-2-12(25)8-15(17)26)10-31(11)19-9-16(27)21(13-6-7-35-22(13)19)14-3-5-20(32)30-23(14)33/h2,4,8-9,11,14,18H,3,5-7,10H2,1H3,(H2,28,29,34)(H,30,32,33)/t11-,14+,18+/m0/s1. The normalized spacial score (nSPS) is 23.2. The van der Waals surface area contributed by atoms with E-state index in [4.69, 9.17) is 16.3 Å². The Morgan fingerprint density at radius 2 is 2.00 bits per heavy atom. The third-order valence-electron chi connectivity index (χ3n) is 6.81. The van der Waals surface area contributed by atoms with Crippen molar-refractivity contribution in [1.29, 1.82) is 0 Å². The molecule has 0 aromatic heterocycles. The number of ether oxygens (including phenoxy) is 1. The molecular weight excluding hydrogens is 482 g/mol. The Morgan fingerprint density at radius 1 is 1.20 bits per heavy atom. The average Bonchev–Trinajstić information content (AvgIpc) is 3.28. The van der Waals surface area contributed by atoms with Crippen molar-refractivity contribution in [2.45, 2.75) is 44.2 Å². The summed E-state index contributed by atoms with van der Waals surface area (Å²) in [4.78, 5) is 38.2. The van der Waals surface area contributed by atoms with Crippen LogP contribution >= 0.6 is 11.6 Å². The van der Waals surface area contributed by atoms with E-state index in [1.165, 1.54) is 18.2 Å². The van der Waals surface area contributed by atoms with Gasteiger partial charge in [0.25, 0.3) is 0 Å². The van der Waals surface area contributed by atoms with Gasteiger partial charge in [0, 0.05) is 47.6 Å². The SMILES string of the molecule is C[C@H]1[C@H](NC(=O)Nc2ccc(Cl)cc2F)CN1c1cc(F)c([C@H]2CCC(=O)NC2=O)c2c1OCC2. The zero-order chi connectivity index (χ0) is 24.9. The number of rotatable bonds is 4. The Hall–Kier alpha value is -3.40. The third-order valence-corrected chi connectivity index (χ3v) is 7.05. The molecule has 5 rings (SSSR count). The van der Waals surface area contributed by atoms with Gasteiger partial charge >= 0.3 is 6.03 Å². The Balaban J connectivity index is 1.30. The number of amides is 4. The van der Waals surface area contributed by atoms with Crippen LogP contribution in [0.15, 0.2) is 24.3 Å². The molecule has 3 heterocycles. The maximum absolute atomic E-state index is 15.4. The Bertz CT molecular complexity index is 1240. The van der Waals surface area contributed by atoms with Crippen LogP contribution in [-0.2, 0) is 16.0 Å². The number of hydrogen-bond donors (Lipinski definition) is 3. The van der Waals surface area contributed by atoms with Crippen LogP contribution in [0, 0.1) is 11.6 Å². The first-order chi connectivity index (χ1) is 16.7. The Labute approximate surface area is 204 Å². The summed E-state index contributed by atoms with van der Waals surface area (Å²) < 4.78 is 35.1. The molecule has 184 valence electrons. The van der Waals surface area contributed by atoms with Gasteiger partial charge in [-0.2, -0.15) is 0 Å². The average molecular weight is 505 g/mol. The molecule has 8 nitrogen and oxygen atoms in total. The highest BCUT2D eigenvalue weighted by molar-refractivity contribution is 6.30. The molecule has 0 spiro atoms. The highest BCUT2D eigenvalue weighted by Crippen LogP contribution is 2.46. The molecule has 11 heteroatoms. The predicted octanol–water partition coefficient (Wildman–Crippen LogP) is 3.47. The van der Waals surface area contributed by atoms with Gasteiger partial charge in [-0.3, -0.25) is 14.9 Å². The van der Waals surface area contributed by atoms with Gasteiger partial charge in [0.15, 0.2) is 0 Å². The van der Waals surface area contributed by atoms with Crippen molar-refractivity contribution in [3.05, 3.63) is 52.0 Å². The molecule has 2 saturated heterocycles. The quantitative estimate of drug-likeness (QED) is 0.554. The van der Waals surface area contributed by atoms with Crippen LogP contribution in [0.1, 0.15) is 36.8 Å². The van der Waals surface area contributed by atoms with Crippen LogP contribution in [-0.4, -0.2) is 43.1 Å². The van der Waals surface area contributed by atoms with Crippen LogP contribution in [0.25, 0.3) is 0 Å². The van der Waals surface area contributed by atoms with Gasteiger partial charge in [-0.1, -0.05) is 11.6 Å². The molecule has 0 bridgehead atoms. The molecule has 35 heavy (non-hydrogen) atoms. The number of nitrogens with zero attached hydrogens (tertiary/aromatic N) is 1. The first-order valence-electron chi connectivity index (χ1n) is 11.3. The van der Waals surface area contributed by atoms with E-state index in [2.05, 4.69) is 16.0 Å². The molecule has 0 aliphatic carbocycles. The summed E-state index contributed by atoms with van der Waals surface area (Å²) in [6.45, 7) is 2.64. The van der Waals surface area contributed by atoms with E-state index >= 15 is 4.39 Å². The van der Waals surface area contributed by atoms with Gasteiger partial charge < -0.3 is 20.3 Å². The summed E-state index contributed by atoms with van der Waals surface area (Å²) >= 11 is 5.74. The van der Waals surface area contributed by atoms with E-state index in [1.807, 2.05) is 11.8 Å². The molecule has 0 unspecified atom stereocenters. The molecule has 3 aliphatic rings. The second-order valence-corrected chi connectivity index (χ2v) is 9.36. The Morgan fingerprint density at radius 3 is 2.71 bits per heavy atom. The van der Waals surface area contributed by atoms with Crippen molar-refractivity contribution in [3.63, 3.8) is 0 Å². The van der Waals surface area contributed by atoms with Crippen molar-refractivity contribution in [2.24, 2.45) is 0 Å². The maximum atomic E-state index is 15.4. The summed E-state index contributed by atoms with van der Waals surface area (Å²) in [6, 6.07) is 4.30. The van der Waals surface area contributed by atoms with Gasteiger partial charge in [-0.25, -0.2) is 13.6 Å². The number of imide groups is 1. The van der Waals surface area contributed by atoms with Gasteiger partial charge in [0.05, 0.1) is 29.9 Å². The van der Waals surface area contributed by atoms with Crippen LogP contribution in [0.3, 0.4) is 0 Å². The smallest absolute Gasteiger partial charge is 0.319 e. The van der Waals surface area contributed by atoms with E-state index in [9.17, 15) is 18.8 Å². The minimum Gasteiger partial charge on any atom is -0.491 e. The van der Waals surface area contributed by atoms with E-state index in [0.717, 1.165) is 6.07 Å².